The maximum Gasteiger partial charge on any atom is 0.191 e. The Morgan fingerprint density at radius 1 is 1.32 bits per heavy atom. The summed E-state index contributed by atoms with van der Waals surface area (Å²) < 4.78 is 17.0. The van der Waals surface area contributed by atoms with Gasteiger partial charge in [-0.05, 0) is 43.6 Å². The van der Waals surface area contributed by atoms with E-state index in [0.717, 1.165) is 84.4 Å². The van der Waals surface area contributed by atoms with Gasteiger partial charge < -0.3 is 24.8 Å². The quantitative estimate of drug-likeness (QED) is 0.197. The van der Waals surface area contributed by atoms with Crippen LogP contribution in [-0.4, -0.2) is 83.2 Å². The van der Waals surface area contributed by atoms with Crippen molar-refractivity contribution in [2.24, 2.45) is 10.9 Å². The molecule has 0 radical (unpaired) electrons. The monoisotopic (exact) mass is 566 g/mol. The van der Waals surface area contributed by atoms with E-state index >= 15 is 0 Å². The van der Waals surface area contributed by atoms with Crippen LogP contribution in [0.25, 0.3) is 0 Å². The molecule has 0 amide bonds. The SMILES string of the molecule is CN=C(NCCCOCC1CCOCC1)NCC(c1cccs1)N1CCOC(C)C1.I. The zero-order chi connectivity index (χ0) is 21.0. The van der Waals surface area contributed by atoms with Crippen LogP contribution in [0.3, 0.4) is 0 Å². The number of nitrogens with zero attached hydrogens (tertiary/aromatic N) is 2. The summed E-state index contributed by atoms with van der Waals surface area (Å²) in [5.41, 5.74) is 0. The van der Waals surface area contributed by atoms with Crippen LogP contribution in [0.4, 0.5) is 0 Å². The van der Waals surface area contributed by atoms with Crippen LogP contribution >= 0.6 is 35.3 Å². The highest BCUT2D eigenvalue weighted by Gasteiger charge is 2.26. The summed E-state index contributed by atoms with van der Waals surface area (Å²) in [6.45, 7) is 9.95. The van der Waals surface area contributed by atoms with Gasteiger partial charge in [0.2, 0.25) is 0 Å². The summed E-state index contributed by atoms with van der Waals surface area (Å²) in [6, 6.07) is 4.69. The molecule has 2 unspecified atom stereocenters. The van der Waals surface area contributed by atoms with Gasteiger partial charge in [0.25, 0.3) is 0 Å². The van der Waals surface area contributed by atoms with Crippen LogP contribution in [0.5, 0.6) is 0 Å². The Labute approximate surface area is 208 Å². The summed E-state index contributed by atoms with van der Waals surface area (Å²) in [6.07, 6.45) is 3.50. The highest BCUT2D eigenvalue weighted by atomic mass is 127. The van der Waals surface area contributed by atoms with Gasteiger partial charge in [-0.15, -0.1) is 35.3 Å². The molecule has 2 N–H and O–H groups in total. The molecule has 2 saturated heterocycles. The lowest BCUT2D eigenvalue weighted by Gasteiger charge is -2.37. The maximum atomic E-state index is 5.85. The molecule has 2 aliphatic heterocycles. The second-order valence-electron chi connectivity index (χ2n) is 8.07. The molecule has 9 heteroatoms. The Morgan fingerprint density at radius 2 is 2.16 bits per heavy atom. The zero-order valence-corrected chi connectivity index (χ0v) is 22.0. The lowest BCUT2D eigenvalue weighted by atomic mass is 10.0. The standard InChI is InChI=1S/C22H38N4O3S.HI/c1-18-16-26(9-13-29-18)20(21-5-3-14-30-21)15-25-22(23-2)24-8-4-10-28-17-19-6-11-27-12-7-19;/h3,5,14,18-20H,4,6-13,15-17H2,1-2H3,(H2,23,24,25);1H. The number of thiophene rings is 1. The molecule has 178 valence electrons. The number of rotatable bonds is 10. The first-order valence-electron chi connectivity index (χ1n) is 11.3. The third kappa shape index (κ3) is 9.51. The number of nitrogens with one attached hydrogen (secondary N) is 2. The van der Waals surface area contributed by atoms with Crippen molar-refractivity contribution in [2.45, 2.75) is 38.3 Å². The number of hydrogen-bond donors (Lipinski definition) is 2. The highest BCUT2D eigenvalue weighted by molar-refractivity contribution is 14.0. The van der Waals surface area contributed by atoms with Crippen molar-refractivity contribution < 1.29 is 14.2 Å². The van der Waals surface area contributed by atoms with E-state index in [1.165, 1.54) is 4.88 Å². The second kappa shape index (κ2) is 15.4. The number of morpholine rings is 1. The molecule has 2 fully saturated rings. The highest BCUT2D eigenvalue weighted by Crippen LogP contribution is 2.26. The van der Waals surface area contributed by atoms with E-state index in [1.54, 1.807) is 0 Å². The van der Waals surface area contributed by atoms with Gasteiger partial charge in [-0.25, -0.2) is 0 Å². The lowest BCUT2D eigenvalue weighted by molar-refractivity contribution is -0.0334. The number of hydrogen-bond acceptors (Lipinski definition) is 6. The van der Waals surface area contributed by atoms with Crippen LogP contribution in [-0.2, 0) is 14.2 Å². The first-order chi connectivity index (χ1) is 14.8. The molecule has 0 aromatic carbocycles. The van der Waals surface area contributed by atoms with Crippen molar-refractivity contribution in [1.82, 2.24) is 15.5 Å². The number of halogens is 1. The Bertz CT molecular complexity index is 614. The van der Waals surface area contributed by atoms with Crippen molar-refractivity contribution in [1.29, 1.82) is 0 Å². The summed E-state index contributed by atoms with van der Waals surface area (Å²) in [7, 11) is 1.83. The lowest BCUT2D eigenvalue weighted by Crippen LogP contribution is -2.48. The molecule has 7 nitrogen and oxygen atoms in total. The fourth-order valence-corrected chi connectivity index (χ4v) is 4.84. The number of guanidine groups is 1. The average Bonchev–Trinajstić information content (AvgIpc) is 3.30. The first kappa shape index (κ1) is 26.8. The predicted molar refractivity (Wildman–Crippen MR) is 138 cm³/mol. The Balaban J connectivity index is 0.00000341. The van der Waals surface area contributed by atoms with Crippen molar-refractivity contribution >= 4 is 41.3 Å². The van der Waals surface area contributed by atoms with Crippen LogP contribution in [0.15, 0.2) is 22.5 Å². The molecule has 0 saturated carbocycles. The Morgan fingerprint density at radius 3 is 2.87 bits per heavy atom. The van der Waals surface area contributed by atoms with Crippen LogP contribution in [0, 0.1) is 5.92 Å². The molecule has 31 heavy (non-hydrogen) atoms. The van der Waals surface area contributed by atoms with Crippen molar-refractivity contribution in [2.75, 3.05) is 66.3 Å². The van der Waals surface area contributed by atoms with Gasteiger partial charge in [-0.1, -0.05) is 6.07 Å². The van der Waals surface area contributed by atoms with Crippen LogP contribution < -0.4 is 10.6 Å². The predicted octanol–water partition coefficient (Wildman–Crippen LogP) is 3.13. The van der Waals surface area contributed by atoms with E-state index in [-0.39, 0.29) is 30.1 Å². The molecular weight excluding hydrogens is 527 g/mol. The van der Waals surface area contributed by atoms with E-state index in [0.29, 0.717) is 12.0 Å². The molecule has 3 heterocycles. The number of aliphatic imine (C=N–C) groups is 1. The van der Waals surface area contributed by atoms with Gasteiger partial charge >= 0.3 is 0 Å². The van der Waals surface area contributed by atoms with E-state index in [1.807, 2.05) is 18.4 Å². The average molecular weight is 567 g/mol. The maximum absolute atomic E-state index is 5.85. The van der Waals surface area contributed by atoms with Crippen molar-refractivity contribution in [3.8, 4) is 0 Å². The molecule has 1 aromatic heterocycles. The fraction of sp³-hybridized carbons (Fsp3) is 0.773. The van der Waals surface area contributed by atoms with Crippen molar-refractivity contribution in [3.05, 3.63) is 22.4 Å². The van der Waals surface area contributed by atoms with E-state index in [4.69, 9.17) is 14.2 Å². The van der Waals surface area contributed by atoms with Gasteiger partial charge in [0, 0.05) is 64.5 Å². The smallest absolute Gasteiger partial charge is 0.191 e. The normalized spacial score (nSPS) is 22.0. The second-order valence-corrected chi connectivity index (χ2v) is 9.05. The van der Waals surface area contributed by atoms with E-state index < -0.39 is 0 Å². The van der Waals surface area contributed by atoms with E-state index in [2.05, 4.69) is 45.0 Å². The third-order valence-corrected chi connectivity index (χ3v) is 6.70. The Hall–Kier alpha value is -0.460. The van der Waals surface area contributed by atoms with Gasteiger partial charge in [0.1, 0.15) is 0 Å². The van der Waals surface area contributed by atoms with Gasteiger partial charge in [0.05, 0.1) is 18.8 Å². The summed E-state index contributed by atoms with van der Waals surface area (Å²) in [4.78, 5) is 8.29. The summed E-state index contributed by atoms with van der Waals surface area (Å²) >= 11 is 1.82. The van der Waals surface area contributed by atoms with Gasteiger partial charge in [0.15, 0.2) is 5.96 Å². The zero-order valence-electron chi connectivity index (χ0n) is 18.9. The number of ether oxygens (including phenoxy) is 3. The largest absolute Gasteiger partial charge is 0.381 e. The third-order valence-electron chi connectivity index (χ3n) is 5.72. The van der Waals surface area contributed by atoms with E-state index in [9.17, 15) is 0 Å². The van der Waals surface area contributed by atoms with Crippen LogP contribution in [0.2, 0.25) is 0 Å². The molecule has 1 aromatic rings. The molecule has 2 atom stereocenters. The molecule has 2 aliphatic rings. The van der Waals surface area contributed by atoms with Gasteiger partial charge in [-0.3, -0.25) is 9.89 Å². The minimum absolute atomic E-state index is 0. The minimum atomic E-state index is 0. The van der Waals surface area contributed by atoms with Crippen molar-refractivity contribution in [3.63, 3.8) is 0 Å². The first-order valence-corrected chi connectivity index (χ1v) is 12.1. The molecular formula is C22H39IN4O3S. The summed E-state index contributed by atoms with van der Waals surface area (Å²) in [5, 5.41) is 9.09. The fourth-order valence-electron chi connectivity index (χ4n) is 3.98. The van der Waals surface area contributed by atoms with Crippen LogP contribution in [0.1, 0.15) is 37.1 Å². The minimum Gasteiger partial charge on any atom is -0.381 e. The summed E-state index contributed by atoms with van der Waals surface area (Å²) in [5.74, 6) is 1.51. The topological polar surface area (TPSA) is 67.4 Å². The Kier molecular flexibility index (Phi) is 13.3. The molecule has 0 bridgehead atoms. The van der Waals surface area contributed by atoms with Gasteiger partial charge in [-0.2, -0.15) is 0 Å². The molecule has 3 rings (SSSR count). The molecule has 0 aliphatic carbocycles. The molecule has 0 spiro atoms.